The summed E-state index contributed by atoms with van der Waals surface area (Å²) in [5.74, 6) is -0.223. The number of nitro benzene ring substituents is 1. The molecule has 0 aromatic heterocycles. The van der Waals surface area contributed by atoms with Crippen LogP contribution in [0.4, 0.5) is 11.4 Å². The van der Waals surface area contributed by atoms with E-state index >= 15 is 0 Å². The molecule has 0 unspecified atom stereocenters. The highest BCUT2D eigenvalue weighted by atomic mass is 16.6. The topological polar surface area (TPSA) is 84.6 Å². The molecule has 0 radical (unpaired) electrons. The second-order valence-electron chi connectivity index (χ2n) is 3.05. The molecule has 0 aliphatic carbocycles. The minimum atomic E-state index is -0.485. The third kappa shape index (κ3) is 1.83. The van der Waals surface area contributed by atoms with E-state index < -0.39 is 4.92 Å². The number of benzene rings is 1. The Morgan fingerprint density at radius 3 is 3.00 bits per heavy atom. The van der Waals surface area contributed by atoms with Crippen molar-refractivity contribution in [1.29, 1.82) is 0 Å². The molecule has 1 amide bonds. The zero-order valence-corrected chi connectivity index (χ0v) is 7.64. The summed E-state index contributed by atoms with van der Waals surface area (Å²) in [6.45, 7) is 0.0441. The number of nitrogens with one attached hydrogen (secondary N) is 1. The average Bonchev–Trinajstić information content (AvgIpc) is 2.37. The van der Waals surface area contributed by atoms with E-state index in [9.17, 15) is 14.9 Å². The SMILES string of the molecule is O=C1CN=Cc2cc([N+](=O)[O-])ccc2N1. The summed E-state index contributed by atoms with van der Waals surface area (Å²) in [5.41, 5.74) is 1.08. The van der Waals surface area contributed by atoms with Gasteiger partial charge in [-0.15, -0.1) is 0 Å². The minimum Gasteiger partial charge on any atom is -0.324 e. The summed E-state index contributed by atoms with van der Waals surface area (Å²) in [6, 6.07) is 4.23. The Bertz CT molecular complexity index is 468. The lowest BCUT2D eigenvalue weighted by molar-refractivity contribution is -0.384. The van der Waals surface area contributed by atoms with Crippen molar-refractivity contribution in [2.45, 2.75) is 0 Å². The molecule has 2 rings (SSSR count). The fraction of sp³-hybridized carbons (Fsp3) is 0.111. The Morgan fingerprint density at radius 1 is 1.47 bits per heavy atom. The monoisotopic (exact) mass is 205 g/mol. The third-order valence-corrected chi connectivity index (χ3v) is 1.99. The lowest BCUT2D eigenvalue weighted by Crippen LogP contribution is -2.13. The molecule has 1 N–H and O–H groups in total. The highest BCUT2D eigenvalue weighted by molar-refractivity contribution is 6.02. The van der Waals surface area contributed by atoms with Crippen molar-refractivity contribution in [3.8, 4) is 0 Å². The first-order valence-corrected chi connectivity index (χ1v) is 4.25. The number of aliphatic imine (C=N–C) groups is 1. The molecular weight excluding hydrogens is 198 g/mol. The summed E-state index contributed by atoms with van der Waals surface area (Å²) in [5, 5.41) is 13.1. The summed E-state index contributed by atoms with van der Waals surface area (Å²) in [7, 11) is 0. The van der Waals surface area contributed by atoms with Crippen LogP contribution in [0.3, 0.4) is 0 Å². The van der Waals surface area contributed by atoms with Crippen LogP contribution in [-0.4, -0.2) is 23.6 Å². The first-order valence-electron chi connectivity index (χ1n) is 4.25. The van der Waals surface area contributed by atoms with Crippen LogP contribution in [-0.2, 0) is 4.79 Å². The van der Waals surface area contributed by atoms with Crippen LogP contribution in [0, 0.1) is 10.1 Å². The molecule has 1 aliphatic rings. The fourth-order valence-corrected chi connectivity index (χ4v) is 1.30. The number of carbonyl (C=O) groups excluding carboxylic acids is 1. The van der Waals surface area contributed by atoms with E-state index in [1.807, 2.05) is 0 Å². The Morgan fingerprint density at radius 2 is 2.27 bits per heavy atom. The number of rotatable bonds is 1. The number of nitrogens with zero attached hydrogens (tertiary/aromatic N) is 2. The van der Waals surface area contributed by atoms with Crippen molar-refractivity contribution in [2.24, 2.45) is 4.99 Å². The van der Waals surface area contributed by atoms with Crippen molar-refractivity contribution < 1.29 is 9.72 Å². The second kappa shape index (κ2) is 3.49. The predicted molar refractivity (Wildman–Crippen MR) is 54.2 cm³/mol. The van der Waals surface area contributed by atoms with E-state index in [1.54, 1.807) is 0 Å². The molecule has 0 bridgehead atoms. The number of fused-ring (bicyclic) bond motifs is 1. The molecule has 15 heavy (non-hydrogen) atoms. The highest BCUT2D eigenvalue weighted by Crippen LogP contribution is 2.21. The molecule has 0 spiro atoms. The van der Waals surface area contributed by atoms with Gasteiger partial charge in [0, 0.05) is 23.9 Å². The van der Waals surface area contributed by atoms with Gasteiger partial charge in [-0.2, -0.15) is 0 Å². The first-order chi connectivity index (χ1) is 7.16. The minimum absolute atomic E-state index is 0.0173. The lowest BCUT2D eigenvalue weighted by Gasteiger charge is -2.03. The van der Waals surface area contributed by atoms with Crippen LogP contribution in [0.15, 0.2) is 23.2 Å². The molecule has 1 heterocycles. The molecule has 6 heteroatoms. The van der Waals surface area contributed by atoms with Crippen LogP contribution in [0.2, 0.25) is 0 Å². The Balaban J connectivity index is 2.48. The van der Waals surface area contributed by atoms with Crippen molar-refractivity contribution in [3.05, 3.63) is 33.9 Å². The zero-order valence-electron chi connectivity index (χ0n) is 7.64. The van der Waals surface area contributed by atoms with Crippen LogP contribution >= 0.6 is 0 Å². The summed E-state index contributed by atoms with van der Waals surface area (Å²) in [4.78, 5) is 25.0. The molecule has 76 valence electrons. The smallest absolute Gasteiger partial charge is 0.270 e. The van der Waals surface area contributed by atoms with Gasteiger partial charge < -0.3 is 5.32 Å². The molecule has 1 aromatic carbocycles. The van der Waals surface area contributed by atoms with Gasteiger partial charge in [-0.3, -0.25) is 19.9 Å². The summed E-state index contributed by atoms with van der Waals surface area (Å²) < 4.78 is 0. The summed E-state index contributed by atoms with van der Waals surface area (Å²) in [6.07, 6.45) is 1.46. The Labute approximate surface area is 84.8 Å². The predicted octanol–water partition coefficient (Wildman–Crippen LogP) is 0.966. The van der Waals surface area contributed by atoms with Crippen LogP contribution in [0.5, 0.6) is 0 Å². The number of anilines is 1. The Kier molecular flexibility index (Phi) is 2.17. The number of nitro groups is 1. The molecule has 0 atom stereocenters. The standard InChI is InChI=1S/C9H7N3O3/c13-9-5-10-4-6-3-7(12(14)15)1-2-8(6)11-9/h1-4H,5H2,(H,11,13). The van der Waals surface area contributed by atoms with Gasteiger partial charge in [-0.25, -0.2) is 0 Å². The normalized spacial score (nSPS) is 14.0. The van der Waals surface area contributed by atoms with Crippen LogP contribution in [0.1, 0.15) is 5.56 Å². The molecule has 0 saturated heterocycles. The van der Waals surface area contributed by atoms with E-state index in [0.717, 1.165) is 0 Å². The number of hydrogen-bond donors (Lipinski definition) is 1. The van der Waals surface area contributed by atoms with E-state index in [0.29, 0.717) is 11.3 Å². The molecule has 0 fully saturated rings. The van der Waals surface area contributed by atoms with Crippen LogP contribution in [0.25, 0.3) is 0 Å². The van der Waals surface area contributed by atoms with Crippen molar-refractivity contribution in [1.82, 2.24) is 0 Å². The number of carbonyl (C=O) groups is 1. The third-order valence-electron chi connectivity index (χ3n) is 1.99. The largest absolute Gasteiger partial charge is 0.324 e. The van der Waals surface area contributed by atoms with Gasteiger partial charge in [0.25, 0.3) is 5.69 Å². The number of benzodiazepines with no additional fused rings is 1. The van der Waals surface area contributed by atoms with Crippen molar-refractivity contribution in [3.63, 3.8) is 0 Å². The van der Waals surface area contributed by atoms with Gasteiger partial charge in [0.15, 0.2) is 0 Å². The van der Waals surface area contributed by atoms with Gasteiger partial charge in [0.1, 0.15) is 6.54 Å². The van der Waals surface area contributed by atoms with Crippen molar-refractivity contribution >= 4 is 23.5 Å². The average molecular weight is 205 g/mol. The quantitative estimate of drug-likeness (QED) is 0.547. The zero-order chi connectivity index (χ0) is 10.8. The van der Waals surface area contributed by atoms with E-state index in [-0.39, 0.29) is 18.1 Å². The number of hydrogen-bond acceptors (Lipinski definition) is 4. The fourth-order valence-electron chi connectivity index (χ4n) is 1.30. The molecular formula is C9H7N3O3. The van der Waals surface area contributed by atoms with E-state index in [4.69, 9.17) is 0 Å². The summed E-state index contributed by atoms with van der Waals surface area (Å²) >= 11 is 0. The maximum absolute atomic E-state index is 11.1. The van der Waals surface area contributed by atoms with Gasteiger partial charge >= 0.3 is 0 Å². The molecule has 0 saturated carbocycles. The number of non-ortho nitro benzene ring substituents is 1. The molecule has 1 aromatic rings. The van der Waals surface area contributed by atoms with Gasteiger partial charge in [-0.05, 0) is 6.07 Å². The van der Waals surface area contributed by atoms with Gasteiger partial charge in [0.2, 0.25) is 5.91 Å². The van der Waals surface area contributed by atoms with Crippen molar-refractivity contribution in [2.75, 3.05) is 11.9 Å². The molecule has 6 nitrogen and oxygen atoms in total. The maximum atomic E-state index is 11.1. The second-order valence-corrected chi connectivity index (χ2v) is 3.05. The molecule has 1 aliphatic heterocycles. The van der Waals surface area contributed by atoms with E-state index in [2.05, 4.69) is 10.3 Å². The van der Waals surface area contributed by atoms with Crippen LogP contribution < -0.4 is 5.32 Å². The lowest BCUT2D eigenvalue weighted by atomic mass is 10.1. The number of amides is 1. The first kappa shape index (κ1) is 9.32. The van der Waals surface area contributed by atoms with E-state index in [1.165, 1.54) is 24.4 Å². The Hall–Kier alpha value is -2.24. The highest BCUT2D eigenvalue weighted by Gasteiger charge is 2.13. The maximum Gasteiger partial charge on any atom is 0.270 e. The van der Waals surface area contributed by atoms with Gasteiger partial charge in [-0.1, -0.05) is 0 Å². The van der Waals surface area contributed by atoms with Gasteiger partial charge in [0.05, 0.1) is 10.6 Å².